The first-order valence-electron chi connectivity index (χ1n) is 8.52. The van der Waals surface area contributed by atoms with Gasteiger partial charge in [0.1, 0.15) is 10.1 Å². The van der Waals surface area contributed by atoms with E-state index in [1.54, 1.807) is 0 Å². The molecule has 1 aromatic heterocycles. The van der Waals surface area contributed by atoms with Gasteiger partial charge in [-0.05, 0) is 26.1 Å². The zero-order valence-corrected chi connectivity index (χ0v) is 19.4. The fourth-order valence-electron chi connectivity index (χ4n) is 2.54. The van der Waals surface area contributed by atoms with Crippen molar-refractivity contribution in [2.24, 2.45) is 0 Å². The molecule has 0 radical (unpaired) electrons. The molecule has 19 heteroatoms. The highest BCUT2D eigenvalue weighted by Crippen LogP contribution is 2.62. The first kappa shape index (κ1) is 31.2. The summed E-state index contributed by atoms with van der Waals surface area (Å²) >= 11 is 12.1. The maximum Gasteiger partial charge on any atom is 0.384 e. The highest BCUT2D eigenvalue weighted by Gasteiger charge is 2.92. The first-order chi connectivity index (χ1) is 14.6. The van der Waals surface area contributed by atoms with Crippen LogP contribution < -0.4 is 0 Å². The highest BCUT2D eigenvalue weighted by atomic mass is 32.1. The molecule has 0 unspecified atom stereocenters. The molecule has 0 aromatic carbocycles. The number of nitrogens with zero attached hydrogens (tertiary/aromatic N) is 2. The highest BCUT2D eigenvalue weighted by molar-refractivity contribution is 7.83. The Morgan fingerprint density at radius 2 is 1.03 bits per heavy atom. The van der Waals surface area contributed by atoms with Crippen LogP contribution in [0, 0.1) is 4.77 Å². The number of aromatic nitrogens is 2. The van der Waals surface area contributed by atoms with E-state index in [0.29, 0.717) is 0 Å². The molecular weight excluding hydrogens is 570 g/mol. The van der Waals surface area contributed by atoms with Crippen LogP contribution >= 0.6 is 37.5 Å². The molecule has 34 heavy (non-hydrogen) atoms. The fourth-order valence-corrected chi connectivity index (χ4v) is 3.86. The molecule has 0 fully saturated rings. The predicted octanol–water partition coefficient (Wildman–Crippen LogP) is 7.64. The largest absolute Gasteiger partial charge is 0.384 e. The molecule has 0 atom stereocenters. The Morgan fingerprint density at radius 3 is 1.35 bits per heavy atom. The van der Waals surface area contributed by atoms with E-state index in [-0.39, 0.29) is 9.59 Å². The first-order valence-corrected chi connectivity index (χ1v) is 9.83. The molecule has 0 aliphatic rings. The summed E-state index contributed by atoms with van der Waals surface area (Å²) < 4.78 is 191. The maximum atomic E-state index is 14.3. The molecule has 2 nitrogen and oxygen atoms in total. The molecule has 200 valence electrons. The Balaban J connectivity index is 3.66. The van der Waals surface area contributed by atoms with Gasteiger partial charge in [-0.2, -0.15) is 61.5 Å². The van der Waals surface area contributed by atoms with Crippen LogP contribution in [-0.2, 0) is 6.54 Å². The SMILES string of the molecule is CC(C)n1c(S)c(S)n(CC(F)(F)C(F)(F)C(F)(F)C(F)(F)C(F)(F)C(F)(F)C(C)(F)F)c1=S. The Labute approximate surface area is 198 Å². The van der Waals surface area contributed by atoms with E-state index in [2.05, 4.69) is 25.3 Å². The third-order valence-electron chi connectivity index (χ3n) is 4.58. The van der Waals surface area contributed by atoms with Crippen molar-refractivity contribution in [3.8, 4) is 0 Å². The second-order valence-corrected chi connectivity index (χ2v) is 8.66. The van der Waals surface area contributed by atoms with Crippen molar-refractivity contribution in [1.29, 1.82) is 0 Å². The summed E-state index contributed by atoms with van der Waals surface area (Å²) in [4.78, 5) is 0. The van der Waals surface area contributed by atoms with E-state index in [4.69, 9.17) is 12.2 Å². The Morgan fingerprint density at radius 1 is 0.676 bits per heavy atom. The zero-order valence-electron chi connectivity index (χ0n) is 16.8. The van der Waals surface area contributed by atoms with E-state index >= 15 is 0 Å². The maximum absolute atomic E-state index is 14.3. The Hall–Kier alpha value is -0.850. The van der Waals surface area contributed by atoms with Gasteiger partial charge in [-0.25, -0.2) is 0 Å². The number of imidazole rings is 1. The average molecular weight is 584 g/mol. The minimum atomic E-state index is -8.10. The van der Waals surface area contributed by atoms with Crippen LogP contribution in [0.25, 0.3) is 0 Å². The second-order valence-electron chi connectivity index (χ2n) is 7.44. The lowest BCUT2D eigenvalue weighted by Crippen LogP contribution is -2.73. The van der Waals surface area contributed by atoms with Crippen LogP contribution in [0.15, 0.2) is 10.1 Å². The lowest BCUT2D eigenvalue weighted by Gasteiger charge is -2.42. The van der Waals surface area contributed by atoms with Gasteiger partial charge in [-0.3, -0.25) is 0 Å². The van der Waals surface area contributed by atoms with E-state index in [1.165, 1.54) is 13.8 Å². The smallest absolute Gasteiger partial charge is 0.309 e. The number of hydrogen-bond donors (Lipinski definition) is 2. The van der Waals surface area contributed by atoms with Gasteiger partial charge in [0, 0.05) is 13.0 Å². The lowest BCUT2D eigenvalue weighted by molar-refractivity contribution is -0.440. The van der Waals surface area contributed by atoms with Crippen molar-refractivity contribution in [2.75, 3.05) is 0 Å². The molecule has 0 aliphatic carbocycles. The Bertz CT molecular complexity index is 974. The van der Waals surface area contributed by atoms with Crippen LogP contribution in [0.4, 0.5) is 61.5 Å². The summed E-state index contributed by atoms with van der Waals surface area (Å²) in [5.41, 5.74) is 0. The van der Waals surface area contributed by atoms with E-state index in [0.717, 1.165) is 4.57 Å². The fraction of sp³-hybridized carbons (Fsp3) is 0.800. The van der Waals surface area contributed by atoms with Gasteiger partial charge < -0.3 is 9.13 Å². The van der Waals surface area contributed by atoms with Crippen LogP contribution in [0.3, 0.4) is 0 Å². The minimum absolute atomic E-state index is 0.0736. The quantitative estimate of drug-likeness (QED) is 0.172. The number of thiol groups is 2. The standard InChI is InChI=1S/C15H14F14N2S3/c1-5(2)31-7(33)6(32)30(8(31)34)4-10(18,19)12(22,23)14(26,27)15(28,29)13(24,25)11(20,21)9(3,16)17/h5,32-33H,4H2,1-3H3. The third kappa shape index (κ3) is 4.20. The van der Waals surface area contributed by atoms with Gasteiger partial charge in [0.05, 0.1) is 6.54 Å². The summed E-state index contributed by atoms with van der Waals surface area (Å²) in [5, 5.41) is -1.12. The number of rotatable bonds is 9. The molecule has 0 N–H and O–H groups in total. The molecular formula is C15H14F14N2S3. The monoisotopic (exact) mass is 584 g/mol. The third-order valence-corrected chi connectivity index (χ3v) is 6.06. The van der Waals surface area contributed by atoms with Crippen molar-refractivity contribution in [2.45, 2.75) is 84.9 Å². The van der Waals surface area contributed by atoms with Crippen molar-refractivity contribution < 1.29 is 61.5 Å². The second kappa shape index (κ2) is 8.62. The van der Waals surface area contributed by atoms with Crippen molar-refractivity contribution >= 4 is 37.5 Å². The molecule has 0 saturated carbocycles. The van der Waals surface area contributed by atoms with Crippen LogP contribution in [0.1, 0.15) is 26.8 Å². The number of alkyl halides is 14. The van der Waals surface area contributed by atoms with Crippen LogP contribution in [0.5, 0.6) is 0 Å². The average Bonchev–Trinajstić information content (AvgIpc) is 2.83. The van der Waals surface area contributed by atoms with E-state index < -0.39 is 70.8 Å². The topological polar surface area (TPSA) is 9.86 Å². The normalized spacial score (nSPS) is 15.4. The van der Waals surface area contributed by atoms with Crippen LogP contribution in [0.2, 0.25) is 0 Å². The zero-order chi connectivity index (χ0) is 27.7. The van der Waals surface area contributed by atoms with Gasteiger partial charge in [0.2, 0.25) is 0 Å². The summed E-state index contributed by atoms with van der Waals surface area (Å²) in [6.07, 6.45) is 0. The van der Waals surface area contributed by atoms with Gasteiger partial charge in [-0.1, -0.05) is 0 Å². The molecule has 1 rings (SSSR count). The molecule has 0 amide bonds. The lowest BCUT2D eigenvalue weighted by atomic mass is 9.89. The van der Waals surface area contributed by atoms with Gasteiger partial charge in [0.25, 0.3) is 0 Å². The van der Waals surface area contributed by atoms with Crippen molar-refractivity contribution in [3.63, 3.8) is 0 Å². The number of halogens is 14. The molecule has 0 bridgehead atoms. The van der Waals surface area contributed by atoms with E-state index in [1.807, 2.05) is 0 Å². The van der Waals surface area contributed by atoms with Crippen molar-refractivity contribution in [3.05, 3.63) is 4.77 Å². The predicted molar refractivity (Wildman–Crippen MR) is 98.4 cm³/mol. The minimum Gasteiger partial charge on any atom is -0.309 e. The summed E-state index contributed by atoms with van der Waals surface area (Å²) in [5.74, 6) is -51.4. The van der Waals surface area contributed by atoms with E-state index in [9.17, 15) is 61.5 Å². The summed E-state index contributed by atoms with van der Waals surface area (Å²) in [7, 11) is 0. The molecule has 1 heterocycles. The summed E-state index contributed by atoms with van der Waals surface area (Å²) in [6.45, 7) is -1.02. The number of hydrogen-bond acceptors (Lipinski definition) is 3. The molecule has 0 spiro atoms. The molecule has 1 aromatic rings. The van der Waals surface area contributed by atoms with Crippen LogP contribution in [-0.4, -0.2) is 50.6 Å². The van der Waals surface area contributed by atoms with Gasteiger partial charge in [-0.15, -0.1) is 25.3 Å². The van der Waals surface area contributed by atoms with Crippen molar-refractivity contribution in [1.82, 2.24) is 9.13 Å². The van der Waals surface area contributed by atoms with Gasteiger partial charge in [0.15, 0.2) is 4.77 Å². The molecule has 0 aliphatic heterocycles. The Kier molecular flexibility index (Phi) is 7.91. The van der Waals surface area contributed by atoms with Gasteiger partial charge >= 0.3 is 41.5 Å². The molecule has 0 saturated heterocycles. The summed E-state index contributed by atoms with van der Waals surface area (Å²) in [6, 6.07) is -0.705.